The summed E-state index contributed by atoms with van der Waals surface area (Å²) in [5.74, 6) is -1.39. The van der Waals surface area contributed by atoms with E-state index in [1.165, 1.54) is 18.2 Å². The quantitative estimate of drug-likeness (QED) is 0.793. The number of carbonyl (C=O) groups excluding carboxylic acids is 1. The number of benzene rings is 1. The Balaban J connectivity index is 2.07. The summed E-state index contributed by atoms with van der Waals surface area (Å²) in [5.41, 5.74) is -1.95. The van der Waals surface area contributed by atoms with Gasteiger partial charge in [-0.2, -0.15) is 13.2 Å². The molecule has 0 aliphatic heterocycles. The van der Waals surface area contributed by atoms with Gasteiger partial charge in [-0.25, -0.2) is 0 Å². The molecule has 2 aromatic rings. The van der Waals surface area contributed by atoms with Gasteiger partial charge in [-0.05, 0) is 12.1 Å². The van der Waals surface area contributed by atoms with Crippen LogP contribution in [-0.4, -0.2) is 16.8 Å². The normalized spacial score (nSPS) is 11.9. The van der Waals surface area contributed by atoms with Crippen molar-refractivity contribution in [2.24, 2.45) is 0 Å². The molecular weight excluding hydrogens is 382 g/mol. The highest BCUT2D eigenvalue weighted by atomic mass is 19.4. The molecular formula is C16H12F6N2O3. The molecule has 0 unspecified atom stereocenters. The van der Waals surface area contributed by atoms with Crippen molar-refractivity contribution in [1.82, 2.24) is 9.88 Å². The number of para-hydroxylation sites is 1. The second-order valence-electron chi connectivity index (χ2n) is 5.31. The molecule has 1 aromatic carbocycles. The van der Waals surface area contributed by atoms with Crippen molar-refractivity contribution in [1.29, 1.82) is 0 Å². The first kappa shape index (κ1) is 20.3. The minimum atomic E-state index is -4.93. The molecule has 0 saturated heterocycles. The maximum atomic E-state index is 12.7. The van der Waals surface area contributed by atoms with Gasteiger partial charge < -0.3 is 14.6 Å². The highest BCUT2D eigenvalue weighted by Crippen LogP contribution is 2.28. The molecule has 1 N–H and O–H groups in total. The third kappa shape index (κ3) is 6.04. The number of aromatic nitrogens is 1. The topological polar surface area (TPSA) is 60.3 Å². The second-order valence-corrected chi connectivity index (χ2v) is 5.31. The summed E-state index contributed by atoms with van der Waals surface area (Å²) in [6, 6.07) is 6.30. The largest absolute Gasteiger partial charge is 0.573 e. The number of nitrogens with one attached hydrogen (secondary N) is 1. The molecule has 0 radical (unpaired) electrons. The van der Waals surface area contributed by atoms with Gasteiger partial charge in [0.25, 0.3) is 5.56 Å². The Morgan fingerprint density at radius 1 is 1.04 bits per heavy atom. The van der Waals surface area contributed by atoms with Crippen molar-refractivity contribution in [3.63, 3.8) is 0 Å². The van der Waals surface area contributed by atoms with Crippen LogP contribution in [0, 0.1) is 0 Å². The molecule has 0 bridgehead atoms. The van der Waals surface area contributed by atoms with Crippen molar-refractivity contribution >= 4 is 5.91 Å². The maximum absolute atomic E-state index is 12.7. The van der Waals surface area contributed by atoms with Crippen LogP contribution in [-0.2, 0) is 24.1 Å². The number of alkyl halides is 6. The summed E-state index contributed by atoms with van der Waals surface area (Å²) < 4.78 is 79.4. The summed E-state index contributed by atoms with van der Waals surface area (Å²) in [6.07, 6.45) is -9.13. The number of carbonyl (C=O) groups is 1. The van der Waals surface area contributed by atoms with Crippen molar-refractivity contribution < 1.29 is 35.9 Å². The fourth-order valence-electron chi connectivity index (χ4n) is 2.10. The van der Waals surface area contributed by atoms with Gasteiger partial charge in [0.15, 0.2) is 0 Å². The molecule has 0 aliphatic rings. The Hall–Kier alpha value is -2.98. The van der Waals surface area contributed by atoms with E-state index < -0.39 is 41.9 Å². The summed E-state index contributed by atoms with van der Waals surface area (Å²) in [5, 5.41) is 2.23. The molecule has 5 nitrogen and oxygen atoms in total. The minimum absolute atomic E-state index is 0.000404. The standard InChI is InChI=1S/C16H12F6N2O3/c17-15(18,19)11-5-6-14(26)24(8-11)9-13(25)23-7-10-3-1-2-4-12(10)27-16(20,21)22/h1-6,8H,7,9H2,(H,23,25). The third-order valence-electron chi connectivity index (χ3n) is 3.30. The molecule has 11 heteroatoms. The number of hydrogen-bond donors (Lipinski definition) is 1. The molecule has 0 spiro atoms. The Morgan fingerprint density at radius 2 is 1.70 bits per heavy atom. The van der Waals surface area contributed by atoms with Crippen LogP contribution in [0.3, 0.4) is 0 Å². The minimum Gasteiger partial charge on any atom is -0.405 e. The van der Waals surface area contributed by atoms with Gasteiger partial charge >= 0.3 is 12.5 Å². The third-order valence-corrected chi connectivity index (χ3v) is 3.30. The van der Waals surface area contributed by atoms with E-state index in [1.54, 1.807) is 0 Å². The molecule has 27 heavy (non-hydrogen) atoms. The molecule has 2 rings (SSSR count). The number of pyridine rings is 1. The van der Waals surface area contributed by atoms with E-state index in [0.717, 1.165) is 6.07 Å². The Bertz CT molecular complexity index is 873. The van der Waals surface area contributed by atoms with E-state index in [-0.39, 0.29) is 12.1 Å². The summed E-state index contributed by atoms with van der Waals surface area (Å²) >= 11 is 0. The zero-order valence-electron chi connectivity index (χ0n) is 13.4. The highest BCUT2D eigenvalue weighted by Gasteiger charge is 2.32. The van der Waals surface area contributed by atoms with Gasteiger partial charge in [-0.3, -0.25) is 9.59 Å². The van der Waals surface area contributed by atoms with Crippen LogP contribution in [0.5, 0.6) is 5.75 Å². The first-order valence-corrected chi connectivity index (χ1v) is 7.34. The summed E-state index contributed by atoms with van der Waals surface area (Å²) in [4.78, 5) is 23.5. The van der Waals surface area contributed by atoms with E-state index in [2.05, 4.69) is 10.1 Å². The fourth-order valence-corrected chi connectivity index (χ4v) is 2.10. The fraction of sp³-hybridized carbons (Fsp3) is 0.250. The van der Waals surface area contributed by atoms with E-state index >= 15 is 0 Å². The maximum Gasteiger partial charge on any atom is 0.573 e. The first-order chi connectivity index (χ1) is 12.5. The predicted molar refractivity (Wildman–Crippen MR) is 80.7 cm³/mol. The van der Waals surface area contributed by atoms with Crippen molar-refractivity contribution in [3.05, 3.63) is 64.1 Å². The number of hydrogen-bond acceptors (Lipinski definition) is 3. The lowest BCUT2D eigenvalue weighted by molar-refractivity contribution is -0.274. The van der Waals surface area contributed by atoms with Crippen LogP contribution in [0.2, 0.25) is 0 Å². The van der Waals surface area contributed by atoms with Crippen LogP contribution in [0.4, 0.5) is 26.3 Å². The number of nitrogens with zero attached hydrogens (tertiary/aromatic N) is 1. The molecule has 1 amide bonds. The molecule has 1 aromatic heterocycles. The lowest BCUT2D eigenvalue weighted by atomic mass is 10.2. The second kappa shape index (κ2) is 7.72. The van der Waals surface area contributed by atoms with Crippen molar-refractivity contribution in [2.45, 2.75) is 25.6 Å². The monoisotopic (exact) mass is 394 g/mol. The van der Waals surface area contributed by atoms with Gasteiger partial charge in [-0.15, -0.1) is 13.2 Å². The molecule has 0 fully saturated rings. The lowest BCUT2D eigenvalue weighted by Gasteiger charge is -2.14. The van der Waals surface area contributed by atoms with E-state index in [0.29, 0.717) is 22.9 Å². The van der Waals surface area contributed by atoms with Crippen LogP contribution < -0.4 is 15.6 Å². The van der Waals surface area contributed by atoms with Crippen molar-refractivity contribution in [2.75, 3.05) is 0 Å². The zero-order valence-corrected chi connectivity index (χ0v) is 13.4. The van der Waals surface area contributed by atoms with E-state index in [4.69, 9.17) is 0 Å². The molecule has 0 aliphatic carbocycles. The number of rotatable bonds is 5. The van der Waals surface area contributed by atoms with Crippen LogP contribution in [0.25, 0.3) is 0 Å². The van der Waals surface area contributed by atoms with Gasteiger partial charge in [-0.1, -0.05) is 18.2 Å². The predicted octanol–water partition coefficient (Wildman–Crippen LogP) is 3.08. The number of amides is 1. The average molecular weight is 394 g/mol. The number of ether oxygens (including phenoxy) is 1. The van der Waals surface area contributed by atoms with Crippen LogP contribution in [0.15, 0.2) is 47.4 Å². The summed E-state index contributed by atoms with van der Waals surface area (Å²) in [7, 11) is 0. The lowest BCUT2D eigenvalue weighted by Crippen LogP contribution is -2.32. The Morgan fingerprint density at radius 3 is 2.33 bits per heavy atom. The SMILES string of the molecule is O=C(Cn1cc(C(F)(F)F)ccc1=O)NCc1ccccc1OC(F)(F)F. The highest BCUT2D eigenvalue weighted by molar-refractivity contribution is 5.75. The van der Waals surface area contributed by atoms with E-state index in [1.807, 2.05) is 0 Å². The van der Waals surface area contributed by atoms with Crippen LogP contribution in [0.1, 0.15) is 11.1 Å². The Labute approximate surface area is 148 Å². The molecule has 146 valence electrons. The molecule has 0 atom stereocenters. The average Bonchev–Trinajstić information content (AvgIpc) is 2.53. The molecule has 0 saturated carbocycles. The van der Waals surface area contributed by atoms with Gasteiger partial charge in [0.1, 0.15) is 12.3 Å². The zero-order chi connectivity index (χ0) is 20.2. The first-order valence-electron chi connectivity index (χ1n) is 7.34. The molecule has 1 heterocycles. The summed E-state index contributed by atoms with van der Waals surface area (Å²) in [6.45, 7) is -1.11. The number of halogens is 6. The Kier molecular flexibility index (Phi) is 5.82. The van der Waals surface area contributed by atoms with Crippen molar-refractivity contribution in [3.8, 4) is 5.75 Å². The van der Waals surface area contributed by atoms with Gasteiger partial charge in [0.2, 0.25) is 5.91 Å². The van der Waals surface area contributed by atoms with E-state index in [9.17, 15) is 35.9 Å². The van der Waals surface area contributed by atoms with Crippen LogP contribution >= 0.6 is 0 Å². The smallest absolute Gasteiger partial charge is 0.405 e. The van der Waals surface area contributed by atoms with Gasteiger partial charge in [0.05, 0.1) is 5.56 Å². The van der Waals surface area contributed by atoms with Gasteiger partial charge in [0, 0.05) is 24.4 Å².